The summed E-state index contributed by atoms with van der Waals surface area (Å²) < 4.78 is 38.3. The van der Waals surface area contributed by atoms with Crippen molar-refractivity contribution in [2.45, 2.75) is 12.6 Å². The van der Waals surface area contributed by atoms with Crippen molar-refractivity contribution in [1.29, 1.82) is 0 Å². The van der Waals surface area contributed by atoms with Crippen molar-refractivity contribution in [1.82, 2.24) is 4.90 Å². The fraction of sp³-hybridized carbons (Fsp3) is 0.308. The van der Waals surface area contributed by atoms with Crippen molar-refractivity contribution in [2.24, 2.45) is 0 Å². The lowest BCUT2D eigenvalue weighted by Gasteiger charge is -2.27. The number of carbonyl (C=O) groups is 1. The second-order valence-electron chi connectivity index (χ2n) is 4.39. The van der Waals surface area contributed by atoms with Gasteiger partial charge in [-0.15, -0.1) is 0 Å². The third kappa shape index (κ3) is 3.25. The van der Waals surface area contributed by atoms with Gasteiger partial charge in [0.1, 0.15) is 5.75 Å². The molecule has 0 radical (unpaired) electrons. The normalized spacial score (nSPS) is 16.0. The van der Waals surface area contributed by atoms with E-state index in [-0.39, 0.29) is 30.8 Å². The van der Waals surface area contributed by atoms with E-state index >= 15 is 0 Å². The molecule has 0 aliphatic carbocycles. The molecule has 1 amide bonds. The van der Waals surface area contributed by atoms with Crippen LogP contribution in [0.15, 0.2) is 29.8 Å². The molecule has 1 aliphatic rings. The van der Waals surface area contributed by atoms with Gasteiger partial charge in [-0.25, -0.2) is 0 Å². The summed E-state index contributed by atoms with van der Waals surface area (Å²) in [6.07, 6.45) is -3.54. The molecule has 0 saturated heterocycles. The maximum Gasteiger partial charge on any atom is 0.412 e. The first kappa shape index (κ1) is 15.1. The summed E-state index contributed by atoms with van der Waals surface area (Å²) in [5.74, 6) is -0.625. The molecule has 20 heavy (non-hydrogen) atoms. The fourth-order valence-corrected chi connectivity index (χ4v) is 2.45. The molecule has 1 heterocycles. The Labute approximate surface area is 127 Å². The predicted octanol–water partition coefficient (Wildman–Crippen LogP) is 3.33. The number of benzene rings is 1. The van der Waals surface area contributed by atoms with Crippen LogP contribution in [0.25, 0.3) is 0 Å². The van der Waals surface area contributed by atoms with Crippen LogP contribution in [0.2, 0.25) is 0 Å². The molecule has 0 unspecified atom stereocenters. The Hall–Kier alpha value is -1.25. The molecule has 0 saturated carbocycles. The zero-order valence-corrected chi connectivity index (χ0v) is 12.4. The van der Waals surface area contributed by atoms with Crippen molar-refractivity contribution >= 4 is 28.5 Å². The lowest BCUT2D eigenvalue weighted by Crippen LogP contribution is -2.36. The molecule has 0 bridgehead atoms. The van der Waals surface area contributed by atoms with Gasteiger partial charge >= 0.3 is 6.18 Å². The predicted molar refractivity (Wildman–Crippen MR) is 75.5 cm³/mol. The Morgan fingerprint density at radius 3 is 2.60 bits per heavy atom. The first-order valence-electron chi connectivity index (χ1n) is 5.83. The molecule has 108 valence electrons. The van der Waals surface area contributed by atoms with Gasteiger partial charge in [0.05, 0.1) is 5.56 Å². The maximum absolute atomic E-state index is 12.5. The molecular weight excluding hydrogens is 386 g/mol. The average Bonchev–Trinajstić information content (AvgIpc) is 2.40. The Bertz CT molecular complexity index is 569. The number of amides is 1. The van der Waals surface area contributed by atoms with Crippen LogP contribution in [-0.2, 0) is 0 Å². The van der Waals surface area contributed by atoms with Crippen LogP contribution in [0, 0.1) is 3.57 Å². The van der Waals surface area contributed by atoms with Crippen molar-refractivity contribution in [2.75, 3.05) is 13.1 Å². The SMILES string of the molecule is O=C(c1cc(I)ccc1O)N1CC=C(C(F)(F)F)CC1. The van der Waals surface area contributed by atoms with E-state index in [9.17, 15) is 23.1 Å². The monoisotopic (exact) mass is 397 g/mol. The highest BCUT2D eigenvalue weighted by atomic mass is 127. The van der Waals surface area contributed by atoms with E-state index in [0.29, 0.717) is 0 Å². The van der Waals surface area contributed by atoms with Crippen molar-refractivity contribution < 1.29 is 23.1 Å². The quantitative estimate of drug-likeness (QED) is 0.584. The Morgan fingerprint density at radius 1 is 1.35 bits per heavy atom. The van der Waals surface area contributed by atoms with Crippen molar-refractivity contribution in [3.8, 4) is 5.75 Å². The summed E-state index contributed by atoms with van der Waals surface area (Å²) in [6, 6.07) is 4.56. The summed E-state index contributed by atoms with van der Waals surface area (Å²) >= 11 is 2.00. The van der Waals surface area contributed by atoms with E-state index in [2.05, 4.69) is 0 Å². The van der Waals surface area contributed by atoms with Crippen LogP contribution in [0.3, 0.4) is 0 Å². The van der Waals surface area contributed by atoms with E-state index in [4.69, 9.17) is 0 Å². The number of nitrogens with zero attached hydrogens (tertiary/aromatic N) is 1. The van der Waals surface area contributed by atoms with Crippen LogP contribution < -0.4 is 0 Å². The van der Waals surface area contributed by atoms with E-state index in [1.54, 1.807) is 6.07 Å². The topological polar surface area (TPSA) is 40.5 Å². The number of carbonyl (C=O) groups excluding carboxylic acids is 1. The van der Waals surface area contributed by atoms with Gasteiger partial charge in [0.25, 0.3) is 5.91 Å². The average molecular weight is 397 g/mol. The molecule has 0 spiro atoms. The molecule has 1 aromatic carbocycles. The summed E-state index contributed by atoms with van der Waals surface area (Å²) in [4.78, 5) is 13.5. The summed E-state index contributed by atoms with van der Waals surface area (Å²) in [6.45, 7) is -0.103. The number of rotatable bonds is 1. The van der Waals surface area contributed by atoms with Crippen LogP contribution in [0.4, 0.5) is 13.2 Å². The largest absolute Gasteiger partial charge is 0.507 e. The van der Waals surface area contributed by atoms with Crippen molar-refractivity contribution in [3.63, 3.8) is 0 Å². The number of hydrogen-bond donors (Lipinski definition) is 1. The van der Waals surface area contributed by atoms with Gasteiger partial charge < -0.3 is 10.0 Å². The summed E-state index contributed by atoms with van der Waals surface area (Å²) in [5.41, 5.74) is -0.492. The molecule has 2 rings (SSSR count). The van der Waals surface area contributed by atoms with Gasteiger partial charge in [-0.3, -0.25) is 4.79 Å². The highest BCUT2D eigenvalue weighted by Gasteiger charge is 2.35. The molecule has 1 N–H and O–H groups in total. The van der Waals surface area contributed by atoms with E-state index < -0.39 is 17.7 Å². The standard InChI is InChI=1S/C13H11F3INO2/c14-13(15,16)8-3-5-18(6-4-8)12(20)10-7-9(17)1-2-11(10)19/h1-3,7,19H,4-6H2. The summed E-state index contributed by atoms with van der Waals surface area (Å²) in [5, 5.41) is 9.67. The van der Waals surface area contributed by atoms with Crippen molar-refractivity contribution in [3.05, 3.63) is 39.0 Å². The number of alkyl halides is 3. The molecule has 7 heteroatoms. The van der Waals surface area contributed by atoms with Crippen LogP contribution in [0.1, 0.15) is 16.8 Å². The lowest BCUT2D eigenvalue weighted by atomic mass is 10.1. The minimum absolute atomic E-state index is 0.00487. The second-order valence-corrected chi connectivity index (χ2v) is 5.64. The smallest absolute Gasteiger partial charge is 0.412 e. The number of phenolic OH excluding ortho intramolecular Hbond substituents is 1. The maximum atomic E-state index is 12.5. The first-order chi connectivity index (χ1) is 9.29. The van der Waals surface area contributed by atoms with Crippen LogP contribution in [-0.4, -0.2) is 35.2 Å². The minimum atomic E-state index is -4.33. The first-order valence-corrected chi connectivity index (χ1v) is 6.91. The molecule has 1 aromatic rings. The van der Waals surface area contributed by atoms with Gasteiger partial charge in [0.2, 0.25) is 0 Å². The number of phenols is 1. The third-order valence-corrected chi connectivity index (χ3v) is 3.72. The molecule has 1 aliphatic heterocycles. The molecule has 3 nitrogen and oxygen atoms in total. The Kier molecular flexibility index (Phi) is 4.26. The Morgan fingerprint density at radius 2 is 2.05 bits per heavy atom. The molecule has 0 aromatic heterocycles. The number of aromatic hydroxyl groups is 1. The molecule has 0 fully saturated rings. The van der Waals surface area contributed by atoms with Crippen LogP contribution in [0.5, 0.6) is 5.75 Å². The third-order valence-electron chi connectivity index (χ3n) is 3.05. The van der Waals surface area contributed by atoms with Gasteiger partial charge in [-0.2, -0.15) is 13.2 Å². The van der Waals surface area contributed by atoms with E-state index in [0.717, 1.165) is 9.65 Å². The molecular formula is C13H11F3INO2. The van der Waals surface area contributed by atoms with E-state index in [1.807, 2.05) is 22.6 Å². The zero-order chi connectivity index (χ0) is 14.9. The van der Waals surface area contributed by atoms with Gasteiger partial charge in [-0.05, 0) is 47.2 Å². The highest BCUT2D eigenvalue weighted by Crippen LogP contribution is 2.31. The number of hydrogen-bond acceptors (Lipinski definition) is 2. The lowest BCUT2D eigenvalue weighted by molar-refractivity contribution is -0.0957. The molecule has 0 atom stereocenters. The fourth-order valence-electron chi connectivity index (χ4n) is 1.96. The van der Waals surface area contributed by atoms with Gasteiger partial charge in [-0.1, -0.05) is 6.08 Å². The van der Waals surface area contributed by atoms with E-state index in [1.165, 1.54) is 17.0 Å². The summed E-state index contributed by atoms with van der Waals surface area (Å²) in [7, 11) is 0. The number of halogens is 4. The highest BCUT2D eigenvalue weighted by molar-refractivity contribution is 14.1. The van der Waals surface area contributed by atoms with Crippen LogP contribution >= 0.6 is 22.6 Å². The second kappa shape index (κ2) is 5.63. The Balaban J connectivity index is 2.17. The van der Waals surface area contributed by atoms with Gasteiger partial charge in [0.15, 0.2) is 0 Å². The van der Waals surface area contributed by atoms with Gasteiger partial charge in [0, 0.05) is 22.2 Å². The minimum Gasteiger partial charge on any atom is -0.507 e. The zero-order valence-electron chi connectivity index (χ0n) is 10.2.